The fraction of sp³-hybridized carbons (Fsp3) is 0.800. The third-order valence-electron chi connectivity index (χ3n) is 7.20. The molecule has 0 aromatic carbocycles. The molecule has 0 aliphatic heterocycles. The van der Waals surface area contributed by atoms with E-state index in [9.17, 15) is 9.90 Å². The van der Waals surface area contributed by atoms with Crippen LogP contribution in [-0.4, -0.2) is 11.1 Å². The first-order chi connectivity index (χ1) is 13.2. The first-order valence-electron chi connectivity index (χ1n) is 11.7. The Hall–Kier alpha value is -1.05. The standard InChI is InChI=1S/C25H42O2/c1-3-5-7-8-9-10-20-12-14-21(15-13-20)22-16-18-23(19-17-22)24(25(26)27)11-6-4-2/h4,6,11,20-23H,3,5,7-10,12-19H2,1-2H3,(H,26,27)/b6-4+,24-11+. The van der Waals surface area contributed by atoms with Gasteiger partial charge in [0.2, 0.25) is 0 Å². The lowest BCUT2D eigenvalue weighted by atomic mass is 9.67. The molecule has 2 saturated carbocycles. The van der Waals surface area contributed by atoms with Crippen LogP contribution in [-0.2, 0) is 4.79 Å². The molecule has 0 aromatic heterocycles. The lowest BCUT2D eigenvalue weighted by Crippen LogP contribution is -2.27. The Labute approximate surface area is 167 Å². The van der Waals surface area contributed by atoms with Crippen molar-refractivity contribution in [2.45, 2.75) is 104 Å². The molecule has 0 heterocycles. The van der Waals surface area contributed by atoms with E-state index >= 15 is 0 Å². The fourth-order valence-corrected chi connectivity index (χ4v) is 5.47. The number of allylic oxidation sites excluding steroid dienone is 3. The van der Waals surface area contributed by atoms with Gasteiger partial charge >= 0.3 is 5.97 Å². The molecule has 2 aliphatic rings. The number of carboxylic acid groups (broad SMARTS) is 1. The predicted octanol–water partition coefficient (Wildman–Crippen LogP) is 7.55. The smallest absolute Gasteiger partial charge is 0.331 e. The van der Waals surface area contributed by atoms with Gasteiger partial charge in [0.15, 0.2) is 0 Å². The van der Waals surface area contributed by atoms with Crippen molar-refractivity contribution in [2.75, 3.05) is 0 Å². The molecule has 0 aromatic rings. The highest BCUT2D eigenvalue weighted by atomic mass is 16.4. The van der Waals surface area contributed by atoms with Gasteiger partial charge in [-0.3, -0.25) is 0 Å². The second kappa shape index (κ2) is 12.4. The molecule has 27 heavy (non-hydrogen) atoms. The van der Waals surface area contributed by atoms with E-state index in [1.54, 1.807) is 0 Å². The highest BCUT2D eigenvalue weighted by Crippen LogP contribution is 2.43. The molecule has 0 unspecified atom stereocenters. The monoisotopic (exact) mass is 374 g/mol. The van der Waals surface area contributed by atoms with E-state index in [4.69, 9.17) is 0 Å². The van der Waals surface area contributed by atoms with Gasteiger partial charge in [0, 0.05) is 5.57 Å². The molecular weight excluding hydrogens is 332 g/mol. The highest BCUT2D eigenvalue weighted by Gasteiger charge is 2.32. The van der Waals surface area contributed by atoms with E-state index in [2.05, 4.69) is 6.92 Å². The number of hydrogen-bond donors (Lipinski definition) is 1. The normalized spacial score (nSPS) is 29.9. The fourth-order valence-electron chi connectivity index (χ4n) is 5.47. The van der Waals surface area contributed by atoms with Gasteiger partial charge in [0.1, 0.15) is 0 Å². The van der Waals surface area contributed by atoms with Crippen LogP contribution in [0.3, 0.4) is 0 Å². The Morgan fingerprint density at radius 3 is 2.04 bits per heavy atom. The van der Waals surface area contributed by atoms with Crippen molar-refractivity contribution in [1.82, 2.24) is 0 Å². The van der Waals surface area contributed by atoms with E-state index in [0.29, 0.717) is 5.57 Å². The zero-order chi connectivity index (χ0) is 19.5. The van der Waals surface area contributed by atoms with Crippen LogP contribution in [0.1, 0.15) is 104 Å². The number of unbranched alkanes of at least 4 members (excludes halogenated alkanes) is 4. The van der Waals surface area contributed by atoms with E-state index in [0.717, 1.165) is 30.6 Å². The van der Waals surface area contributed by atoms with Crippen LogP contribution < -0.4 is 0 Å². The van der Waals surface area contributed by atoms with Gasteiger partial charge in [0.25, 0.3) is 0 Å². The average molecular weight is 375 g/mol. The summed E-state index contributed by atoms with van der Waals surface area (Å²) < 4.78 is 0. The third kappa shape index (κ3) is 7.47. The topological polar surface area (TPSA) is 37.3 Å². The minimum atomic E-state index is -0.726. The first-order valence-corrected chi connectivity index (χ1v) is 11.7. The number of hydrogen-bond acceptors (Lipinski definition) is 1. The van der Waals surface area contributed by atoms with Crippen LogP contribution in [0, 0.1) is 23.7 Å². The van der Waals surface area contributed by atoms with Gasteiger partial charge in [-0.25, -0.2) is 4.79 Å². The lowest BCUT2D eigenvalue weighted by Gasteiger charge is -2.38. The molecule has 0 atom stereocenters. The van der Waals surface area contributed by atoms with Gasteiger partial charge in [-0.1, -0.05) is 76.5 Å². The van der Waals surface area contributed by atoms with Crippen molar-refractivity contribution in [3.63, 3.8) is 0 Å². The van der Waals surface area contributed by atoms with Crippen molar-refractivity contribution in [1.29, 1.82) is 0 Å². The number of aliphatic carboxylic acids is 1. The van der Waals surface area contributed by atoms with Crippen LogP contribution in [0.25, 0.3) is 0 Å². The summed E-state index contributed by atoms with van der Waals surface area (Å²) in [6, 6.07) is 0. The molecule has 2 heteroatoms. The third-order valence-corrected chi connectivity index (χ3v) is 7.20. The van der Waals surface area contributed by atoms with Crippen molar-refractivity contribution >= 4 is 5.97 Å². The molecule has 0 amide bonds. The Morgan fingerprint density at radius 2 is 1.48 bits per heavy atom. The molecule has 2 aliphatic carbocycles. The Kier molecular flexibility index (Phi) is 10.2. The maximum Gasteiger partial charge on any atom is 0.331 e. The summed E-state index contributed by atoms with van der Waals surface area (Å²) in [5.41, 5.74) is 0.623. The molecule has 0 spiro atoms. The SMILES string of the molecule is C/C=C/C=C(/C(=O)O)C1CCC(C2CCC(CCCCCCC)CC2)CC1. The maximum absolute atomic E-state index is 11.6. The number of carboxylic acids is 1. The number of rotatable bonds is 10. The zero-order valence-electron chi connectivity index (χ0n) is 17.8. The Morgan fingerprint density at radius 1 is 0.889 bits per heavy atom. The van der Waals surface area contributed by atoms with Gasteiger partial charge in [-0.2, -0.15) is 0 Å². The van der Waals surface area contributed by atoms with Crippen LogP contribution in [0.2, 0.25) is 0 Å². The van der Waals surface area contributed by atoms with Crippen LogP contribution in [0.4, 0.5) is 0 Å². The molecule has 2 fully saturated rings. The minimum Gasteiger partial charge on any atom is -0.478 e. The lowest BCUT2D eigenvalue weighted by molar-refractivity contribution is -0.133. The summed E-state index contributed by atoms with van der Waals surface area (Å²) in [5.74, 6) is 2.28. The second-order valence-corrected chi connectivity index (χ2v) is 9.05. The van der Waals surface area contributed by atoms with Crippen molar-refractivity contribution in [3.8, 4) is 0 Å². The van der Waals surface area contributed by atoms with Crippen LogP contribution in [0.5, 0.6) is 0 Å². The summed E-state index contributed by atoms with van der Waals surface area (Å²) in [6.07, 6.45) is 24.5. The number of carbonyl (C=O) groups is 1. The van der Waals surface area contributed by atoms with E-state index in [1.807, 2.05) is 25.2 Å². The zero-order valence-corrected chi connectivity index (χ0v) is 17.8. The summed E-state index contributed by atoms with van der Waals surface area (Å²) >= 11 is 0. The quantitative estimate of drug-likeness (QED) is 0.243. The van der Waals surface area contributed by atoms with Gasteiger partial charge in [0.05, 0.1) is 0 Å². The molecular formula is C25H42O2. The largest absolute Gasteiger partial charge is 0.478 e. The predicted molar refractivity (Wildman–Crippen MR) is 115 cm³/mol. The molecule has 2 rings (SSSR count). The van der Waals surface area contributed by atoms with Gasteiger partial charge in [-0.15, -0.1) is 0 Å². The molecule has 154 valence electrons. The summed E-state index contributed by atoms with van der Waals surface area (Å²) in [6.45, 7) is 4.23. The first kappa shape index (κ1) is 22.2. The highest BCUT2D eigenvalue weighted by molar-refractivity contribution is 5.87. The molecule has 2 nitrogen and oxygen atoms in total. The molecule has 0 radical (unpaired) electrons. The second-order valence-electron chi connectivity index (χ2n) is 9.05. The summed E-state index contributed by atoms with van der Waals surface area (Å²) in [7, 11) is 0. The van der Waals surface area contributed by atoms with Gasteiger partial charge in [-0.05, 0) is 69.1 Å². The molecule has 0 saturated heterocycles. The van der Waals surface area contributed by atoms with E-state index in [1.165, 1.54) is 77.0 Å². The summed E-state index contributed by atoms with van der Waals surface area (Å²) in [5, 5.41) is 9.51. The summed E-state index contributed by atoms with van der Waals surface area (Å²) in [4.78, 5) is 11.6. The van der Waals surface area contributed by atoms with Crippen molar-refractivity contribution in [3.05, 3.63) is 23.8 Å². The molecule has 1 N–H and O–H groups in total. The average Bonchev–Trinajstić information content (AvgIpc) is 2.69. The van der Waals surface area contributed by atoms with Crippen LogP contribution in [0.15, 0.2) is 23.8 Å². The Balaban J connectivity index is 1.69. The molecule has 0 bridgehead atoms. The van der Waals surface area contributed by atoms with Crippen LogP contribution >= 0.6 is 0 Å². The van der Waals surface area contributed by atoms with Crippen molar-refractivity contribution < 1.29 is 9.90 Å². The van der Waals surface area contributed by atoms with Crippen molar-refractivity contribution in [2.24, 2.45) is 23.7 Å². The Bertz CT molecular complexity index is 475. The minimum absolute atomic E-state index is 0.259. The van der Waals surface area contributed by atoms with Gasteiger partial charge < -0.3 is 5.11 Å². The maximum atomic E-state index is 11.6. The van der Waals surface area contributed by atoms with E-state index in [-0.39, 0.29) is 5.92 Å². The van der Waals surface area contributed by atoms with E-state index < -0.39 is 5.97 Å².